The smallest absolute Gasteiger partial charge is 0.305 e. The van der Waals surface area contributed by atoms with Crippen molar-refractivity contribution in [1.82, 2.24) is 13.7 Å². The summed E-state index contributed by atoms with van der Waals surface area (Å²) in [6.45, 7) is 2.69. The molecule has 0 saturated heterocycles. The molecule has 0 aliphatic carbocycles. The van der Waals surface area contributed by atoms with Crippen LogP contribution in [0.15, 0.2) is 269 Å². The van der Waals surface area contributed by atoms with E-state index in [4.69, 9.17) is 23.9 Å². The molecule has 0 N–H and O–H groups in total. The number of anilines is 4. The Balaban J connectivity index is 0.0000000913. The van der Waals surface area contributed by atoms with E-state index in [1.807, 2.05) is 55.1 Å². The van der Waals surface area contributed by atoms with Crippen LogP contribution in [-0.2, 0) is 46.8 Å². The molecule has 20 rings (SSSR count). The molecule has 6 radical (unpaired) electrons. The maximum Gasteiger partial charge on any atom is 0.592 e. The van der Waals surface area contributed by atoms with E-state index >= 15 is 0 Å². The largest absolute Gasteiger partial charge is 0.592 e. The highest BCUT2D eigenvalue weighted by Crippen LogP contribution is 2.39. The highest BCUT2D eigenvalue weighted by atomic mass is 15.4. The number of pyridine rings is 6. The molecule has 13 aromatic rings. The van der Waals surface area contributed by atoms with Gasteiger partial charge in [-0.1, -0.05) is 89.3 Å². The standard InChI is InChI=1S/C21H14BN3.C16H16N3.C15H13BN3.C10H11N3.C9H8BN3/c22-25-11-5-10-17-16-9-4-8-15-12-23-18(14-6-2-1-3-7-14)13-24(20(17)25)21(23)19(15)16;1-17-9-5-6-13-12-15-18(10-11-19(15)16(13)17)14-7-3-2-4-8-14;16-19-8-4-5-12-11-14-17(9-10-18(14)15(12)19)13-6-2-1-3-7-13;1-11-6-7-13-8-12-5-3-2-4-9(12)10(11)13;10-13-6-5-12-7-11-4-2-1-3-8(11)9(12)13/h1-11,13H,12H2;2-11,15H,12H2,1H3;1-10,14H,11H2;2-7H,8H2,1H3;1-6H,7H2/q+2;2*+1;2*+2. The number of imidazole rings is 3. The van der Waals surface area contributed by atoms with Gasteiger partial charge in [0, 0.05) is 89.0 Å². The van der Waals surface area contributed by atoms with E-state index in [1.54, 1.807) is 13.4 Å². The normalized spacial score (nSPS) is 15.7. The van der Waals surface area contributed by atoms with Crippen LogP contribution in [-0.4, -0.2) is 50.0 Å². The second-order valence-electron chi connectivity index (χ2n) is 23.2. The molecule has 7 aliphatic rings. The van der Waals surface area contributed by atoms with Crippen LogP contribution in [0.4, 0.5) is 23.0 Å². The molecular weight excluding hydrogens is 1100 g/mol. The van der Waals surface area contributed by atoms with Crippen LogP contribution in [0, 0.1) is 0 Å². The first kappa shape index (κ1) is 53.6. The number of aromatic nitrogens is 11. The summed E-state index contributed by atoms with van der Waals surface area (Å²) < 4.78 is 22.9. The molecular formula is C71H62B3N15+8. The molecule has 7 aliphatic heterocycles. The predicted octanol–water partition coefficient (Wildman–Crippen LogP) is 6.13. The summed E-state index contributed by atoms with van der Waals surface area (Å²) in [4.78, 5) is 9.24. The fourth-order valence-corrected chi connectivity index (χ4v) is 14.1. The Labute approximate surface area is 520 Å². The maximum atomic E-state index is 6.31. The lowest BCUT2D eigenvalue weighted by molar-refractivity contribution is -0.691. The first-order chi connectivity index (χ1) is 43.7. The fraction of sp³-hybridized carbons (Fsp3) is 0.127. The Bertz CT molecular complexity index is 4750. The van der Waals surface area contributed by atoms with Crippen molar-refractivity contribution in [3.05, 3.63) is 285 Å². The molecule has 15 nitrogen and oxygen atoms in total. The lowest BCUT2D eigenvalue weighted by atomic mass is 10.0. The Kier molecular flexibility index (Phi) is 13.1. The van der Waals surface area contributed by atoms with Crippen LogP contribution in [0.3, 0.4) is 0 Å². The first-order valence-corrected chi connectivity index (χ1v) is 30.1. The number of benzene rings is 4. The quantitative estimate of drug-likeness (QED) is 0.122. The van der Waals surface area contributed by atoms with Crippen molar-refractivity contribution in [2.24, 2.45) is 14.1 Å². The third-order valence-corrected chi connectivity index (χ3v) is 18.0. The molecule has 89 heavy (non-hydrogen) atoms. The Morgan fingerprint density at radius 2 is 0.966 bits per heavy atom. The van der Waals surface area contributed by atoms with E-state index < -0.39 is 0 Å². The summed E-state index contributed by atoms with van der Waals surface area (Å²) in [5.74, 6) is 4.73. The summed E-state index contributed by atoms with van der Waals surface area (Å²) in [7, 11) is 22.3. The Morgan fingerprint density at radius 1 is 0.427 bits per heavy atom. The Morgan fingerprint density at radius 3 is 1.65 bits per heavy atom. The number of rotatable bonds is 3. The predicted molar refractivity (Wildman–Crippen MR) is 343 cm³/mol. The molecule has 0 saturated carbocycles. The van der Waals surface area contributed by atoms with Gasteiger partial charge in [0.15, 0.2) is 24.7 Å². The average Bonchev–Trinajstić information content (AvgIpc) is 1.65. The van der Waals surface area contributed by atoms with E-state index in [1.165, 1.54) is 78.5 Å². The van der Waals surface area contributed by atoms with Gasteiger partial charge in [-0.25, -0.2) is 23.4 Å². The summed E-state index contributed by atoms with van der Waals surface area (Å²) in [5.41, 5.74) is 13.7. The number of nitrogens with zero attached hydrogens (tertiary/aromatic N) is 15. The number of para-hydroxylation sites is 2. The molecule has 16 heterocycles. The average molecular weight is 1160 g/mol. The number of aryl methyl sites for hydroxylation is 2. The van der Waals surface area contributed by atoms with Gasteiger partial charge < -0.3 is 14.3 Å². The van der Waals surface area contributed by atoms with Crippen LogP contribution in [0.1, 0.15) is 16.7 Å². The van der Waals surface area contributed by atoms with Gasteiger partial charge in [-0.15, -0.1) is 0 Å². The topological polar surface area (TPSA) is 59.0 Å². The van der Waals surface area contributed by atoms with Gasteiger partial charge in [-0.05, 0) is 72.3 Å². The van der Waals surface area contributed by atoms with Crippen molar-refractivity contribution >= 4 is 74.4 Å². The molecule has 0 amide bonds. The monoisotopic (exact) mass is 1160 g/mol. The van der Waals surface area contributed by atoms with Gasteiger partial charge >= 0.3 is 46.9 Å². The molecule has 4 aromatic carbocycles. The van der Waals surface area contributed by atoms with Crippen molar-refractivity contribution in [3.63, 3.8) is 0 Å². The summed E-state index contributed by atoms with van der Waals surface area (Å²) in [5, 5.41) is 3.78. The number of hydrogen-bond acceptors (Lipinski definition) is 4. The highest BCUT2D eigenvalue weighted by molar-refractivity contribution is 6.11. The van der Waals surface area contributed by atoms with E-state index in [2.05, 4.69) is 284 Å². The van der Waals surface area contributed by atoms with Crippen molar-refractivity contribution in [2.75, 3.05) is 19.6 Å². The van der Waals surface area contributed by atoms with Crippen LogP contribution in [0.2, 0.25) is 0 Å². The van der Waals surface area contributed by atoms with Crippen molar-refractivity contribution in [3.8, 4) is 34.3 Å². The molecule has 9 aromatic heterocycles. The zero-order valence-corrected chi connectivity index (χ0v) is 49.5. The van der Waals surface area contributed by atoms with Crippen LogP contribution in [0.5, 0.6) is 0 Å². The third kappa shape index (κ3) is 9.07. The van der Waals surface area contributed by atoms with Crippen LogP contribution >= 0.6 is 0 Å². The molecule has 2 unspecified atom stereocenters. The van der Waals surface area contributed by atoms with Crippen molar-refractivity contribution in [2.45, 2.75) is 45.1 Å². The molecule has 18 heteroatoms. The third-order valence-electron chi connectivity index (χ3n) is 18.0. The molecule has 2 atom stereocenters. The van der Waals surface area contributed by atoms with Crippen LogP contribution in [0.25, 0.3) is 61.7 Å². The van der Waals surface area contributed by atoms with Gasteiger partial charge in [-0.3, -0.25) is 9.05 Å². The lowest BCUT2D eigenvalue weighted by Gasteiger charge is -2.22. The second kappa shape index (κ2) is 21.8. The SMILES string of the molecule is C[n+]1cccc2c1N1C=CN(c3ccccc3)C1C2.C[n+]1ccn2c1-c1cccc[n+]1C2.[B][n+]1cccc2c1N1C=CN(c3ccccc3)C1C2.[B][n+]1cccc2c3cccc4c3c3n(c(-c5ccccc5)c[n+]3c21)C4.[B][n+]1ccn2c1-c1cccc[n+]1C2. The van der Waals surface area contributed by atoms with Gasteiger partial charge in [0.1, 0.15) is 54.5 Å². The minimum atomic E-state index is 0.301. The van der Waals surface area contributed by atoms with E-state index in [9.17, 15) is 0 Å². The van der Waals surface area contributed by atoms with Crippen LogP contribution < -0.4 is 55.7 Å². The van der Waals surface area contributed by atoms with E-state index in [0.29, 0.717) is 12.3 Å². The molecule has 0 bridgehead atoms. The first-order valence-electron chi connectivity index (χ1n) is 30.1. The Hall–Kier alpha value is -10.9. The number of hydrogen-bond donors (Lipinski definition) is 0. The second-order valence-corrected chi connectivity index (χ2v) is 23.2. The van der Waals surface area contributed by atoms with E-state index in [-0.39, 0.29) is 0 Å². The van der Waals surface area contributed by atoms with Gasteiger partial charge in [0.25, 0.3) is 36.4 Å². The lowest BCUT2D eigenvalue weighted by Crippen LogP contribution is -2.42. The van der Waals surface area contributed by atoms with Crippen molar-refractivity contribution in [1.29, 1.82) is 0 Å². The summed E-state index contributed by atoms with van der Waals surface area (Å²) >= 11 is 0. The zero-order valence-electron chi connectivity index (χ0n) is 49.5. The van der Waals surface area contributed by atoms with E-state index in [0.717, 1.165) is 55.7 Å². The van der Waals surface area contributed by atoms with Gasteiger partial charge in [0.2, 0.25) is 6.20 Å². The number of fused-ring (bicyclic) bond motifs is 15. The van der Waals surface area contributed by atoms with Crippen molar-refractivity contribution < 1.29 is 36.1 Å². The highest BCUT2D eigenvalue weighted by Gasteiger charge is 2.45. The fourth-order valence-electron chi connectivity index (χ4n) is 14.1. The summed E-state index contributed by atoms with van der Waals surface area (Å²) in [6, 6.07) is 63.2. The maximum absolute atomic E-state index is 6.31. The van der Waals surface area contributed by atoms with Gasteiger partial charge in [0.05, 0.1) is 38.4 Å². The minimum Gasteiger partial charge on any atom is -0.305 e. The molecule has 0 spiro atoms. The zero-order chi connectivity index (χ0) is 59.9. The summed E-state index contributed by atoms with van der Waals surface area (Å²) in [6.07, 6.45) is 31.7. The minimum absolute atomic E-state index is 0.301. The molecule has 422 valence electrons. The molecule has 0 fully saturated rings. The van der Waals surface area contributed by atoms with Gasteiger partial charge in [-0.2, -0.15) is 18.3 Å².